The van der Waals surface area contributed by atoms with Crippen LogP contribution < -0.4 is 0 Å². The summed E-state index contributed by atoms with van der Waals surface area (Å²) in [7, 11) is 0. The molecule has 0 radical (unpaired) electrons. The quantitative estimate of drug-likeness (QED) is 0.400. The molecule has 10 heavy (non-hydrogen) atoms. The van der Waals surface area contributed by atoms with Gasteiger partial charge in [0.15, 0.2) is 0 Å². The first-order valence-electron chi connectivity index (χ1n) is 2.90. The van der Waals surface area contributed by atoms with E-state index in [4.69, 9.17) is 0 Å². The van der Waals surface area contributed by atoms with E-state index in [0.717, 1.165) is 0 Å². The molecule has 3 heteroatoms. The van der Waals surface area contributed by atoms with E-state index in [1.54, 1.807) is 11.1 Å². The van der Waals surface area contributed by atoms with E-state index in [1.807, 2.05) is 0 Å². The summed E-state index contributed by atoms with van der Waals surface area (Å²) in [6.07, 6.45) is 2.50. The topological polar surface area (TPSA) is 26.3 Å². The van der Waals surface area contributed by atoms with Crippen LogP contribution in [0.1, 0.15) is 13.3 Å². The van der Waals surface area contributed by atoms with Crippen LogP contribution in [0.2, 0.25) is 0 Å². The Balaban J connectivity index is 3.21. The highest BCUT2D eigenvalue weighted by atomic mass is 79.9. The van der Waals surface area contributed by atoms with Crippen LogP contribution in [-0.2, 0) is 9.53 Å². The molecule has 0 saturated heterocycles. The maximum absolute atomic E-state index is 10.2. The van der Waals surface area contributed by atoms with Gasteiger partial charge in [0.25, 0.3) is 0 Å². The van der Waals surface area contributed by atoms with Crippen molar-refractivity contribution >= 4 is 21.9 Å². The largest absolute Gasteiger partial charge is 0.466 e. The fourth-order valence-electron chi connectivity index (χ4n) is 0.389. The van der Waals surface area contributed by atoms with Gasteiger partial charge in [-0.3, -0.25) is 4.79 Å². The molecule has 0 fully saturated rings. The lowest BCUT2D eigenvalue weighted by atomic mass is 10.4. The monoisotopic (exact) mass is 204 g/mol. The van der Waals surface area contributed by atoms with Crippen LogP contribution in [0.25, 0.3) is 0 Å². The highest BCUT2D eigenvalue weighted by molar-refractivity contribution is 9.11. The Hall–Kier alpha value is -0.530. The summed E-state index contributed by atoms with van der Waals surface area (Å²) in [4.78, 5) is 11.8. The van der Waals surface area contributed by atoms with Crippen LogP contribution in [0.3, 0.4) is 0 Å². The standard InChI is InChI=1S/C7H9BrO2/c1-7(9)10-6-4-2-3-5-8/h2,5H,4,6H2,1H3. The average molecular weight is 205 g/mol. The molecule has 0 aliphatic heterocycles. The summed E-state index contributed by atoms with van der Waals surface area (Å²) < 4.78 is 4.65. The van der Waals surface area contributed by atoms with Crippen molar-refractivity contribution in [3.05, 3.63) is 16.8 Å². The van der Waals surface area contributed by atoms with E-state index in [1.165, 1.54) is 6.92 Å². The van der Waals surface area contributed by atoms with Gasteiger partial charge in [-0.2, -0.15) is 0 Å². The first-order chi connectivity index (χ1) is 4.77. The first-order valence-corrected chi connectivity index (χ1v) is 3.82. The third-order valence-corrected chi connectivity index (χ3v) is 1.01. The third kappa shape index (κ3) is 7.47. The van der Waals surface area contributed by atoms with Gasteiger partial charge in [0.2, 0.25) is 0 Å². The molecular weight excluding hydrogens is 196 g/mol. The summed E-state index contributed by atoms with van der Waals surface area (Å²) >= 11 is 3.06. The summed E-state index contributed by atoms with van der Waals surface area (Å²) in [6, 6.07) is 0. The van der Waals surface area contributed by atoms with Crippen LogP contribution in [0.15, 0.2) is 16.8 Å². The average Bonchev–Trinajstić information content (AvgIpc) is 1.87. The van der Waals surface area contributed by atoms with Crippen molar-refractivity contribution in [2.45, 2.75) is 13.3 Å². The van der Waals surface area contributed by atoms with Crippen molar-refractivity contribution in [3.63, 3.8) is 0 Å². The van der Waals surface area contributed by atoms with Gasteiger partial charge in [0.05, 0.1) is 6.61 Å². The van der Waals surface area contributed by atoms with Crippen LogP contribution in [-0.4, -0.2) is 12.6 Å². The lowest BCUT2D eigenvalue weighted by molar-refractivity contribution is -0.140. The predicted molar refractivity (Wildman–Crippen MR) is 42.8 cm³/mol. The SMILES string of the molecule is CC(=O)OCCC=C=CBr. The van der Waals surface area contributed by atoms with Crippen molar-refractivity contribution in [2.75, 3.05) is 6.61 Å². The molecule has 0 saturated carbocycles. The van der Waals surface area contributed by atoms with Gasteiger partial charge in [-0.05, 0) is 6.08 Å². The maximum atomic E-state index is 10.2. The minimum atomic E-state index is -0.240. The first kappa shape index (κ1) is 9.47. The zero-order valence-electron chi connectivity index (χ0n) is 5.76. The number of ether oxygens (including phenoxy) is 1. The van der Waals surface area contributed by atoms with E-state index in [2.05, 4.69) is 26.4 Å². The van der Waals surface area contributed by atoms with Gasteiger partial charge >= 0.3 is 5.97 Å². The molecule has 0 spiro atoms. The second kappa shape index (κ2) is 6.59. The molecule has 0 aliphatic rings. The van der Waals surface area contributed by atoms with Gasteiger partial charge < -0.3 is 4.74 Å². The second-order valence-corrected chi connectivity index (χ2v) is 2.07. The lowest BCUT2D eigenvalue weighted by Gasteiger charge is -1.94. The molecule has 0 aromatic carbocycles. The highest BCUT2D eigenvalue weighted by Gasteiger charge is 1.87. The van der Waals surface area contributed by atoms with Gasteiger partial charge in [0, 0.05) is 18.3 Å². The number of hydrogen-bond acceptors (Lipinski definition) is 2. The van der Waals surface area contributed by atoms with E-state index in [-0.39, 0.29) is 5.97 Å². The number of rotatable bonds is 3. The molecule has 0 aliphatic carbocycles. The zero-order valence-corrected chi connectivity index (χ0v) is 7.35. The van der Waals surface area contributed by atoms with E-state index in [0.29, 0.717) is 13.0 Å². The molecule has 0 heterocycles. The third-order valence-electron chi connectivity index (χ3n) is 0.748. The lowest BCUT2D eigenvalue weighted by Crippen LogP contribution is -1.98. The van der Waals surface area contributed by atoms with Gasteiger partial charge in [-0.1, -0.05) is 15.9 Å². The van der Waals surface area contributed by atoms with Gasteiger partial charge in [-0.15, -0.1) is 5.73 Å². The fraction of sp³-hybridized carbons (Fsp3) is 0.429. The summed E-state index contributed by atoms with van der Waals surface area (Å²) in [5.74, 6) is -0.240. The van der Waals surface area contributed by atoms with Crippen molar-refractivity contribution in [2.24, 2.45) is 0 Å². The number of esters is 1. The Bertz CT molecular complexity index is 157. The molecule has 0 rings (SSSR count). The van der Waals surface area contributed by atoms with Crippen molar-refractivity contribution in [3.8, 4) is 0 Å². The molecule has 2 nitrogen and oxygen atoms in total. The molecule has 0 aromatic heterocycles. The molecule has 0 amide bonds. The Morgan fingerprint density at radius 1 is 1.80 bits per heavy atom. The fourth-order valence-corrected chi connectivity index (χ4v) is 0.576. The highest BCUT2D eigenvalue weighted by Crippen LogP contribution is 1.85. The molecular formula is C7H9BrO2. The molecule has 0 atom stereocenters. The van der Waals surface area contributed by atoms with Crippen molar-refractivity contribution < 1.29 is 9.53 Å². The molecule has 0 N–H and O–H groups in total. The zero-order chi connectivity index (χ0) is 7.82. The van der Waals surface area contributed by atoms with Crippen molar-refractivity contribution in [1.82, 2.24) is 0 Å². The van der Waals surface area contributed by atoms with E-state index in [9.17, 15) is 4.79 Å². The summed E-state index contributed by atoms with van der Waals surface area (Å²) in [5.41, 5.74) is 2.80. The van der Waals surface area contributed by atoms with Crippen LogP contribution in [0.5, 0.6) is 0 Å². The molecule has 0 bridgehead atoms. The second-order valence-electron chi connectivity index (χ2n) is 1.61. The van der Waals surface area contributed by atoms with Gasteiger partial charge in [-0.25, -0.2) is 0 Å². The Morgan fingerprint density at radius 3 is 3.00 bits per heavy atom. The van der Waals surface area contributed by atoms with Crippen LogP contribution in [0, 0.1) is 0 Å². The summed E-state index contributed by atoms with van der Waals surface area (Å²) in [6.45, 7) is 1.83. The van der Waals surface area contributed by atoms with Gasteiger partial charge in [0.1, 0.15) is 0 Å². The Morgan fingerprint density at radius 2 is 2.50 bits per heavy atom. The summed E-state index contributed by atoms with van der Waals surface area (Å²) in [5, 5.41) is 0. The van der Waals surface area contributed by atoms with Crippen LogP contribution in [0.4, 0.5) is 0 Å². The Kier molecular flexibility index (Phi) is 6.24. The predicted octanol–water partition coefficient (Wildman–Crippen LogP) is 2.00. The number of carbonyl (C=O) groups is 1. The normalized spacial score (nSPS) is 7.80. The number of halogens is 1. The Labute approximate surface area is 68.7 Å². The smallest absolute Gasteiger partial charge is 0.302 e. The number of carbonyl (C=O) groups excluding carboxylic acids is 1. The molecule has 0 aromatic rings. The molecule has 56 valence electrons. The minimum absolute atomic E-state index is 0.240. The van der Waals surface area contributed by atoms with Crippen molar-refractivity contribution in [1.29, 1.82) is 0 Å². The number of hydrogen-bond donors (Lipinski definition) is 0. The molecule has 0 unspecified atom stereocenters. The minimum Gasteiger partial charge on any atom is -0.466 e. The van der Waals surface area contributed by atoms with E-state index < -0.39 is 0 Å². The maximum Gasteiger partial charge on any atom is 0.302 e. The van der Waals surface area contributed by atoms with Crippen LogP contribution >= 0.6 is 15.9 Å². The van der Waals surface area contributed by atoms with E-state index >= 15 is 0 Å².